The molecule has 1 aromatic heterocycles. The molecule has 1 aliphatic rings. The topological polar surface area (TPSA) is 32.3 Å². The number of nitrogens with one attached hydrogen (secondary N) is 1. The second-order valence-corrected chi connectivity index (χ2v) is 5.93. The summed E-state index contributed by atoms with van der Waals surface area (Å²) in [7, 11) is 0. The number of hydrogen-bond acceptors (Lipinski definition) is 3. The molecule has 2 aromatic rings. The molecule has 0 bridgehead atoms. The number of rotatable bonds is 4. The first-order chi connectivity index (χ1) is 9.81. The van der Waals surface area contributed by atoms with Crippen LogP contribution in [0.3, 0.4) is 0 Å². The summed E-state index contributed by atoms with van der Waals surface area (Å²) in [6.07, 6.45) is 2.60. The first kappa shape index (κ1) is 13.3. The van der Waals surface area contributed by atoms with Crippen molar-refractivity contribution in [1.82, 2.24) is 4.90 Å². The highest BCUT2D eigenvalue weighted by Crippen LogP contribution is 2.17. The Morgan fingerprint density at radius 3 is 2.85 bits per heavy atom. The normalized spacial score (nSPS) is 15.4. The summed E-state index contributed by atoms with van der Waals surface area (Å²) in [5.41, 5.74) is 2.85. The molecule has 1 fully saturated rings. The SMILES string of the molecule is O=C(Nc1cccc(CN2CCCC2)c1)c1ccsc1. The Labute approximate surface area is 123 Å². The van der Waals surface area contributed by atoms with Crippen LogP contribution in [0, 0.1) is 0 Å². The van der Waals surface area contributed by atoms with Gasteiger partial charge in [0.25, 0.3) is 5.91 Å². The molecule has 1 aromatic carbocycles. The van der Waals surface area contributed by atoms with Crippen molar-refractivity contribution in [2.45, 2.75) is 19.4 Å². The summed E-state index contributed by atoms with van der Waals surface area (Å²) in [5.74, 6) is -0.0374. The van der Waals surface area contributed by atoms with E-state index >= 15 is 0 Å². The molecule has 3 nitrogen and oxygen atoms in total. The minimum Gasteiger partial charge on any atom is -0.322 e. The van der Waals surface area contributed by atoms with Crippen LogP contribution in [0.4, 0.5) is 5.69 Å². The quantitative estimate of drug-likeness (QED) is 0.931. The van der Waals surface area contributed by atoms with Gasteiger partial charge in [-0.2, -0.15) is 11.3 Å². The molecule has 0 spiro atoms. The molecule has 0 aliphatic carbocycles. The van der Waals surface area contributed by atoms with Crippen LogP contribution in [-0.2, 0) is 6.54 Å². The van der Waals surface area contributed by atoms with E-state index in [1.54, 1.807) is 0 Å². The van der Waals surface area contributed by atoms with Crippen molar-refractivity contribution in [1.29, 1.82) is 0 Å². The average molecular weight is 286 g/mol. The first-order valence-corrected chi connectivity index (χ1v) is 7.90. The van der Waals surface area contributed by atoms with Gasteiger partial charge < -0.3 is 5.32 Å². The first-order valence-electron chi connectivity index (χ1n) is 6.96. The Balaban J connectivity index is 1.66. The van der Waals surface area contributed by atoms with Crippen LogP contribution in [0.15, 0.2) is 41.1 Å². The lowest BCUT2D eigenvalue weighted by Gasteiger charge is -2.15. The number of carbonyl (C=O) groups excluding carboxylic acids is 1. The van der Waals surface area contributed by atoms with Gasteiger partial charge in [-0.1, -0.05) is 12.1 Å². The number of anilines is 1. The number of carbonyl (C=O) groups is 1. The van der Waals surface area contributed by atoms with E-state index in [1.165, 1.54) is 42.8 Å². The zero-order valence-electron chi connectivity index (χ0n) is 11.3. The van der Waals surface area contributed by atoms with E-state index in [2.05, 4.69) is 22.3 Å². The van der Waals surface area contributed by atoms with Crippen molar-refractivity contribution in [3.05, 3.63) is 52.2 Å². The van der Waals surface area contributed by atoms with Crippen LogP contribution in [0.1, 0.15) is 28.8 Å². The van der Waals surface area contributed by atoms with E-state index in [1.807, 2.05) is 29.0 Å². The van der Waals surface area contributed by atoms with Gasteiger partial charge in [0, 0.05) is 17.6 Å². The van der Waals surface area contributed by atoms with Gasteiger partial charge in [0.2, 0.25) is 0 Å². The van der Waals surface area contributed by atoms with Crippen molar-refractivity contribution in [3.63, 3.8) is 0 Å². The van der Waals surface area contributed by atoms with Crippen LogP contribution in [0.5, 0.6) is 0 Å². The predicted molar refractivity (Wildman–Crippen MR) is 83.2 cm³/mol. The summed E-state index contributed by atoms with van der Waals surface area (Å²) < 4.78 is 0. The number of likely N-dealkylation sites (tertiary alicyclic amines) is 1. The van der Waals surface area contributed by atoms with Crippen LogP contribution in [-0.4, -0.2) is 23.9 Å². The van der Waals surface area contributed by atoms with E-state index in [0.29, 0.717) is 0 Å². The number of nitrogens with zero attached hydrogens (tertiary/aromatic N) is 1. The molecule has 20 heavy (non-hydrogen) atoms. The molecule has 0 saturated carbocycles. The lowest BCUT2D eigenvalue weighted by molar-refractivity contribution is 0.102. The van der Waals surface area contributed by atoms with Gasteiger partial charge in [-0.25, -0.2) is 0 Å². The Hall–Kier alpha value is -1.65. The fourth-order valence-electron chi connectivity index (χ4n) is 2.54. The molecule has 0 atom stereocenters. The lowest BCUT2D eigenvalue weighted by atomic mass is 10.2. The molecule has 4 heteroatoms. The Morgan fingerprint density at radius 1 is 1.25 bits per heavy atom. The zero-order valence-corrected chi connectivity index (χ0v) is 12.2. The molecular formula is C16H18N2OS. The third-order valence-electron chi connectivity index (χ3n) is 3.57. The van der Waals surface area contributed by atoms with Gasteiger partial charge in [0.15, 0.2) is 0 Å². The van der Waals surface area contributed by atoms with Crippen molar-refractivity contribution in [3.8, 4) is 0 Å². The highest BCUT2D eigenvalue weighted by molar-refractivity contribution is 7.08. The second-order valence-electron chi connectivity index (χ2n) is 5.15. The molecule has 104 valence electrons. The number of hydrogen-bond donors (Lipinski definition) is 1. The number of benzene rings is 1. The molecular weight excluding hydrogens is 268 g/mol. The summed E-state index contributed by atoms with van der Waals surface area (Å²) in [4.78, 5) is 14.5. The van der Waals surface area contributed by atoms with Gasteiger partial charge in [-0.3, -0.25) is 9.69 Å². The van der Waals surface area contributed by atoms with Gasteiger partial charge >= 0.3 is 0 Å². The molecule has 2 heterocycles. The molecule has 1 saturated heterocycles. The molecule has 0 unspecified atom stereocenters. The van der Waals surface area contributed by atoms with Crippen molar-refractivity contribution in [2.75, 3.05) is 18.4 Å². The van der Waals surface area contributed by atoms with Gasteiger partial charge in [0.1, 0.15) is 0 Å². The highest BCUT2D eigenvalue weighted by atomic mass is 32.1. The summed E-state index contributed by atoms with van der Waals surface area (Å²) in [5, 5.41) is 6.74. The summed E-state index contributed by atoms with van der Waals surface area (Å²) >= 11 is 1.54. The minimum atomic E-state index is -0.0374. The third kappa shape index (κ3) is 3.26. The predicted octanol–water partition coefficient (Wildman–Crippen LogP) is 3.60. The van der Waals surface area contributed by atoms with Crippen LogP contribution in [0.25, 0.3) is 0 Å². The average Bonchev–Trinajstić information content (AvgIpc) is 3.12. The third-order valence-corrected chi connectivity index (χ3v) is 4.26. The van der Waals surface area contributed by atoms with E-state index in [-0.39, 0.29) is 5.91 Å². The Morgan fingerprint density at radius 2 is 2.10 bits per heavy atom. The lowest BCUT2D eigenvalue weighted by Crippen LogP contribution is -2.18. The Bertz CT molecular complexity index is 574. The van der Waals surface area contributed by atoms with Crippen molar-refractivity contribution in [2.24, 2.45) is 0 Å². The van der Waals surface area contributed by atoms with Crippen molar-refractivity contribution < 1.29 is 4.79 Å². The van der Waals surface area contributed by atoms with Gasteiger partial charge in [-0.15, -0.1) is 0 Å². The molecule has 0 radical (unpaired) electrons. The summed E-state index contributed by atoms with van der Waals surface area (Å²) in [6, 6.07) is 9.99. The van der Waals surface area contributed by atoms with Crippen LogP contribution >= 0.6 is 11.3 Å². The van der Waals surface area contributed by atoms with Gasteiger partial charge in [-0.05, 0) is 55.1 Å². The fourth-order valence-corrected chi connectivity index (χ4v) is 3.18. The smallest absolute Gasteiger partial charge is 0.256 e. The van der Waals surface area contributed by atoms with E-state index in [9.17, 15) is 4.79 Å². The maximum atomic E-state index is 12.0. The highest BCUT2D eigenvalue weighted by Gasteiger charge is 2.12. The number of amides is 1. The van der Waals surface area contributed by atoms with E-state index in [4.69, 9.17) is 0 Å². The zero-order chi connectivity index (χ0) is 13.8. The molecule has 1 N–H and O–H groups in total. The summed E-state index contributed by atoms with van der Waals surface area (Å²) in [6.45, 7) is 3.35. The molecule has 3 rings (SSSR count). The monoisotopic (exact) mass is 286 g/mol. The number of thiophene rings is 1. The van der Waals surface area contributed by atoms with Crippen molar-refractivity contribution >= 4 is 22.9 Å². The van der Waals surface area contributed by atoms with E-state index in [0.717, 1.165) is 17.8 Å². The van der Waals surface area contributed by atoms with Gasteiger partial charge in [0.05, 0.1) is 5.56 Å². The van der Waals surface area contributed by atoms with Crippen LogP contribution in [0.2, 0.25) is 0 Å². The molecule has 1 aliphatic heterocycles. The molecule has 1 amide bonds. The maximum absolute atomic E-state index is 12.0. The largest absolute Gasteiger partial charge is 0.322 e. The Kier molecular flexibility index (Phi) is 4.14. The van der Waals surface area contributed by atoms with E-state index < -0.39 is 0 Å². The maximum Gasteiger partial charge on any atom is 0.256 e. The standard InChI is InChI=1S/C16H18N2OS/c19-16(14-6-9-20-12-14)17-15-5-3-4-13(10-15)11-18-7-1-2-8-18/h3-6,9-10,12H,1-2,7-8,11H2,(H,17,19). The fraction of sp³-hybridized carbons (Fsp3) is 0.312. The second kappa shape index (κ2) is 6.20. The minimum absolute atomic E-state index is 0.0374. The van der Waals surface area contributed by atoms with Crippen LogP contribution < -0.4 is 5.32 Å².